The molecule has 6 heteroatoms. The zero-order chi connectivity index (χ0) is 15.3. The lowest BCUT2D eigenvalue weighted by Crippen LogP contribution is -2.41. The summed E-state index contributed by atoms with van der Waals surface area (Å²) in [6.45, 7) is 8.15. The Hall–Kier alpha value is -1.82. The van der Waals surface area contributed by atoms with Crippen LogP contribution in [0.3, 0.4) is 0 Å². The van der Waals surface area contributed by atoms with Gasteiger partial charge < -0.3 is 15.7 Å². The van der Waals surface area contributed by atoms with E-state index in [0.717, 1.165) is 13.0 Å². The van der Waals surface area contributed by atoms with Crippen molar-refractivity contribution in [3.05, 3.63) is 28.3 Å². The Labute approximate surface area is 119 Å². The summed E-state index contributed by atoms with van der Waals surface area (Å²) in [6, 6.07) is 4.80. The predicted octanol–water partition coefficient (Wildman–Crippen LogP) is 2.99. The van der Waals surface area contributed by atoms with Crippen LogP contribution in [0, 0.1) is 10.1 Å². The smallest absolute Gasteiger partial charge is 0.273 e. The molecule has 0 aliphatic carbocycles. The Bertz CT molecular complexity index is 473. The van der Waals surface area contributed by atoms with E-state index in [1.807, 2.05) is 26.8 Å². The monoisotopic (exact) mass is 281 g/mol. The van der Waals surface area contributed by atoms with Gasteiger partial charge in [-0.2, -0.15) is 0 Å². The van der Waals surface area contributed by atoms with E-state index < -0.39 is 16.6 Å². The molecule has 1 unspecified atom stereocenters. The topological polar surface area (TPSA) is 87.4 Å². The first kappa shape index (κ1) is 16.2. The number of nitrogens with one attached hydrogen (secondary N) is 2. The molecule has 1 rings (SSSR count). The van der Waals surface area contributed by atoms with Crippen LogP contribution in [0.4, 0.5) is 17.1 Å². The number of non-ortho nitro benzene ring substituents is 1. The maximum absolute atomic E-state index is 11.0. The molecule has 0 amide bonds. The van der Waals surface area contributed by atoms with Crippen molar-refractivity contribution in [3.8, 4) is 0 Å². The maximum atomic E-state index is 11.0. The molecule has 0 heterocycles. The predicted molar refractivity (Wildman–Crippen MR) is 81.3 cm³/mol. The van der Waals surface area contributed by atoms with Crippen LogP contribution in [0.2, 0.25) is 0 Å². The highest BCUT2D eigenvalue weighted by Gasteiger charge is 2.24. The Morgan fingerprint density at radius 2 is 1.95 bits per heavy atom. The SMILES string of the molecule is CCCNc1cc(NC(C)(C)C(C)O)cc([N+](=O)[O-])c1. The highest BCUT2D eigenvalue weighted by molar-refractivity contribution is 5.64. The molecule has 0 fully saturated rings. The van der Waals surface area contributed by atoms with Gasteiger partial charge >= 0.3 is 0 Å². The van der Waals surface area contributed by atoms with E-state index in [4.69, 9.17) is 0 Å². The van der Waals surface area contributed by atoms with Crippen molar-refractivity contribution >= 4 is 17.1 Å². The molecule has 1 atom stereocenters. The number of rotatable bonds is 7. The molecule has 0 spiro atoms. The van der Waals surface area contributed by atoms with Crippen molar-refractivity contribution < 1.29 is 10.0 Å². The van der Waals surface area contributed by atoms with Gasteiger partial charge in [0, 0.05) is 30.1 Å². The van der Waals surface area contributed by atoms with Gasteiger partial charge in [0.05, 0.1) is 16.6 Å². The summed E-state index contributed by atoms with van der Waals surface area (Å²) in [7, 11) is 0. The van der Waals surface area contributed by atoms with Gasteiger partial charge in [-0.3, -0.25) is 10.1 Å². The van der Waals surface area contributed by atoms with E-state index in [9.17, 15) is 15.2 Å². The number of aliphatic hydroxyl groups is 1. The van der Waals surface area contributed by atoms with Crippen LogP contribution in [0.1, 0.15) is 34.1 Å². The summed E-state index contributed by atoms with van der Waals surface area (Å²) < 4.78 is 0. The normalized spacial score (nSPS) is 12.8. The molecule has 0 saturated heterocycles. The van der Waals surface area contributed by atoms with Crippen LogP contribution in [0.15, 0.2) is 18.2 Å². The third-order valence-corrected chi connectivity index (χ3v) is 3.22. The van der Waals surface area contributed by atoms with Crippen molar-refractivity contribution in [2.24, 2.45) is 0 Å². The van der Waals surface area contributed by atoms with Gasteiger partial charge in [0.25, 0.3) is 5.69 Å². The first-order chi connectivity index (χ1) is 9.26. The number of hydrogen-bond donors (Lipinski definition) is 3. The highest BCUT2D eigenvalue weighted by Crippen LogP contribution is 2.27. The highest BCUT2D eigenvalue weighted by atomic mass is 16.6. The van der Waals surface area contributed by atoms with Gasteiger partial charge in [-0.15, -0.1) is 0 Å². The van der Waals surface area contributed by atoms with Crippen molar-refractivity contribution in [1.29, 1.82) is 0 Å². The van der Waals surface area contributed by atoms with Gasteiger partial charge in [-0.25, -0.2) is 0 Å². The lowest BCUT2D eigenvalue weighted by molar-refractivity contribution is -0.384. The van der Waals surface area contributed by atoms with Crippen LogP contribution in [0.25, 0.3) is 0 Å². The minimum Gasteiger partial charge on any atom is -0.391 e. The van der Waals surface area contributed by atoms with Gasteiger partial charge in [-0.05, 0) is 33.3 Å². The molecule has 0 aliphatic heterocycles. The zero-order valence-electron chi connectivity index (χ0n) is 12.4. The molecule has 0 aromatic heterocycles. The third-order valence-electron chi connectivity index (χ3n) is 3.22. The first-order valence-electron chi connectivity index (χ1n) is 6.76. The number of nitro groups is 1. The molecule has 6 nitrogen and oxygen atoms in total. The van der Waals surface area contributed by atoms with Crippen molar-refractivity contribution in [3.63, 3.8) is 0 Å². The molecule has 20 heavy (non-hydrogen) atoms. The van der Waals surface area contributed by atoms with E-state index in [1.165, 1.54) is 12.1 Å². The average molecular weight is 281 g/mol. The summed E-state index contributed by atoms with van der Waals surface area (Å²) in [5, 5.41) is 27.0. The lowest BCUT2D eigenvalue weighted by Gasteiger charge is -2.30. The number of aliphatic hydroxyl groups excluding tert-OH is 1. The zero-order valence-corrected chi connectivity index (χ0v) is 12.4. The second-order valence-electron chi connectivity index (χ2n) is 5.48. The summed E-state index contributed by atoms with van der Waals surface area (Å²) in [5.41, 5.74) is 0.765. The molecule has 0 radical (unpaired) electrons. The van der Waals surface area contributed by atoms with Gasteiger partial charge in [0.1, 0.15) is 0 Å². The van der Waals surface area contributed by atoms with Crippen LogP contribution in [-0.2, 0) is 0 Å². The Balaban J connectivity index is 3.05. The second kappa shape index (κ2) is 6.56. The molecule has 0 saturated carbocycles. The van der Waals surface area contributed by atoms with E-state index >= 15 is 0 Å². The largest absolute Gasteiger partial charge is 0.391 e. The van der Waals surface area contributed by atoms with Crippen LogP contribution in [0.5, 0.6) is 0 Å². The second-order valence-corrected chi connectivity index (χ2v) is 5.48. The third kappa shape index (κ3) is 4.38. The molecule has 1 aromatic carbocycles. The van der Waals surface area contributed by atoms with Gasteiger partial charge in [-0.1, -0.05) is 6.92 Å². The molecular weight excluding hydrogens is 258 g/mol. The standard InChI is InChI=1S/C14H23N3O3/c1-5-6-15-11-7-12(9-13(8-11)17(19)20)16-14(3,4)10(2)18/h7-10,15-16,18H,5-6H2,1-4H3. The molecule has 112 valence electrons. The summed E-state index contributed by atoms with van der Waals surface area (Å²) in [5.74, 6) is 0. The van der Waals surface area contributed by atoms with Crippen molar-refractivity contribution in [2.75, 3.05) is 17.2 Å². The molecule has 0 aliphatic rings. The molecule has 3 N–H and O–H groups in total. The average Bonchev–Trinajstić information content (AvgIpc) is 2.35. The Morgan fingerprint density at radius 3 is 2.45 bits per heavy atom. The first-order valence-corrected chi connectivity index (χ1v) is 6.76. The Morgan fingerprint density at radius 1 is 1.35 bits per heavy atom. The Kier molecular flexibility index (Phi) is 5.33. The fourth-order valence-corrected chi connectivity index (χ4v) is 1.64. The number of nitrogens with zero attached hydrogens (tertiary/aromatic N) is 1. The molecule has 0 bridgehead atoms. The van der Waals surface area contributed by atoms with Gasteiger partial charge in [0.15, 0.2) is 0 Å². The summed E-state index contributed by atoms with van der Waals surface area (Å²) >= 11 is 0. The minimum atomic E-state index is -0.589. The van der Waals surface area contributed by atoms with Crippen LogP contribution < -0.4 is 10.6 Å². The fourth-order valence-electron chi connectivity index (χ4n) is 1.64. The van der Waals surface area contributed by atoms with E-state index in [2.05, 4.69) is 10.6 Å². The maximum Gasteiger partial charge on any atom is 0.273 e. The number of hydrogen-bond acceptors (Lipinski definition) is 5. The quantitative estimate of drug-likeness (QED) is 0.528. The number of nitro benzene ring substituents is 1. The number of anilines is 2. The van der Waals surface area contributed by atoms with Gasteiger partial charge in [0.2, 0.25) is 0 Å². The van der Waals surface area contributed by atoms with E-state index in [0.29, 0.717) is 11.4 Å². The number of benzene rings is 1. The van der Waals surface area contributed by atoms with E-state index in [-0.39, 0.29) is 5.69 Å². The molecule has 1 aromatic rings. The lowest BCUT2D eigenvalue weighted by atomic mass is 9.98. The van der Waals surface area contributed by atoms with Crippen LogP contribution >= 0.6 is 0 Å². The van der Waals surface area contributed by atoms with Crippen molar-refractivity contribution in [2.45, 2.75) is 45.8 Å². The summed E-state index contributed by atoms with van der Waals surface area (Å²) in [6.07, 6.45) is 0.346. The van der Waals surface area contributed by atoms with E-state index in [1.54, 1.807) is 6.92 Å². The van der Waals surface area contributed by atoms with Crippen molar-refractivity contribution in [1.82, 2.24) is 0 Å². The van der Waals surface area contributed by atoms with Crippen LogP contribution in [-0.4, -0.2) is 28.2 Å². The molecular formula is C14H23N3O3. The fraction of sp³-hybridized carbons (Fsp3) is 0.571. The minimum absolute atomic E-state index is 0.0231. The summed E-state index contributed by atoms with van der Waals surface area (Å²) in [4.78, 5) is 10.6.